The molecule has 0 aromatic rings. The van der Waals surface area contributed by atoms with Gasteiger partial charge in [0.15, 0.2) is 5.76 Å². The van der Waals surface area contributed by atoms with Gasteiger partial charge in [-0.2, -0.15) is 0 Å². The summed E-state index contributed by atoms with van der Waals surface area (Å²) in [4.78, 5) is 43.9. The van der Waals surface area contributed by atoms with Crippen LogP contribution in [0.1, 0.15) is 40.0 Å². The molecule has 0 aromatic carbocycles. The van der Waals surface area contributed by atoms with Crippen LogP contribution in [0.4, 0.5) is 0 Å². The number of hydrogen-bond donors (Lipinski definition) is 2. The standard InChI is InChI=1S/C28H38N2O8/c1-15(31)37-18-12-27(2)17(6-7-19(27)32)21-23(18)28(3)20(14-36-5)38-26(35)16(22(28)25(34)24(21)33)13-30-10-8-29(4)9-11-30/h13,17-20,32,34H,6-12,14H2,1-5H3/b16-13+/t17-,18+,19-,20+,27-,28-/m0/s1. The number of ketones is 1. The highest BCUT2D eigenvalue weighted by molar-refractivity contribution is 6.13. The summed E-state index contributed by atoms with van der Waals surface area (Å²) in [6.45, 7) is 8.03. The number of aliphatic hydroxyl groups excluding tert-OH is 2. The van der Waals surface area contributed by atoms with Gasteiger partial charge in [-0.1, -0.05) is 6.92 Å². The summed E-state index contributed by atoms with van der Waals surface area (Å²) >= 11 is 0. The zero-order valence-corrected chi connectivity index (χ0v) is 22.8. The van der Waals surface area contributed by atoms with Crippen molar-refractivity contribution in [2.75, 3.05) is 46.9 Å². The van der Waals surface area contributed by atoms with E-state index in [0.29, 0.717) is 43.5 Å². The van der Waals surface area contributed by atoms with Gasteiger partial charge in [-0.3, -0.25) is 9.59 Å². The van der Waals surface area contributed by atoms with Crippen LogP contribution in [0.15, 0.2) is 34.3 Å². The highest BCUT2D eigenvalue weighted by atomic mass is 16.6. The number of methoxy groups -OCH3 is 1. The summed E-state index contributed by atoms with van der Waals surface area (Å²) in [6, 6.07) is 0. The number of likely N-dealkylation sites (N-methyl/N-ethyl adjacent to an activating group) is 1. The van der Waals surface area contributed by atoms with E-state index < -0.39 is 52.6 Å². The van der Waals surface area contributed by atoms with Crippen LogP contribution in [0.3, 0.4) is 0 Å². The minimum Gasteiger partial charge on any atom is -0.504 e. The second-order valence-electron chi connectivity index (χ2n) is 11.8. The van der Waals surface area contributed by atoms with E-state index in [1.54, 1.807) is 6.20 Å². The van der Waals surface area contributed by atoms with Crippen LogP contribution in [0.5, 0.6) is 0 Å². The smallest absolute Gasteiger partial charge is 0.340 e. The molecule has 10 heteroatoms. The van der Waals surface area contributed by atoms with E-state index in [-0.39, 0.29) is 23.7 Å². The second kappa shape index (κ2) is 9.50. The van der Waals surface area contributed by atoms with E-state index in [1.807, 2.05) is 25.8 Å². The van der Waals surface area contributed by atoms with Crippen molar-refractivity contribution in [3.8, 4) is 0 Å². The fourth-order valence-electron chi connectivity index (χ4n) is 7.41. The van der Waals surface area contributed by atoms with Gasteiger partial charge in [0.05, 0.1) is 23.7 Å². The molecule has 2 aliphatic heterocycles. The first-order valence-electron chi connectivity index (χ1n) is 13.4. The SMILES string of the molecule is COC[C@H]1OC(=O)/C(=C/N2CCN(C)CC2)C2=C(O)C(=O)C3=C([C@H](OC(C)=O)C[C@]4(C)[C@@H](O)CC[C@@H]34)[C@]21C. The van der Waals surface area contributed by atoms with Gasteiger partial charge in [0, 0.05) is 63.0 Å². The van der Waals surface area contributed by atoms with Crippen LogP contribution in [0, 0.1) is 16.7 Å². The number of Topliss-reactive ketones (excluding diaryl/α,β-unsaturated/α-hetero) is 1. The summed E-state index contributed by atoms with van der Waals surface area (Å²) < 4.78 is 17.3. The van der Waals surface area contributed by atoms with Crippen LogP contribution in [0.2, 0.25) is 0 Å². The van der Waals surface area contributed by atoms with E-state index in [2.05, 4.69) is 4.90 Å². The van der Waals surface area contributed by atoms with Gasteiger partial charge < -0.3 is 34.2 Å². The second-order valence-corrected chi connectivity index (χ2v) is 11.8. The van der Waals surface area contributed by atoms with E-state index in [1.165, 1.54) is 14.0 Å². The van der Waals surface area contributed by atoms with Crippen molar-refractivity contribution in [3.63, 3.8) is 0 Å². The van der Waals surface area contributed by atoms with Gasteiger partial charge in [-0.15, -0.1) is 0 Å². The highest BCUT2D eigenvalue weighted by Crippen LogP contribution is 2.63. The number of carbonyl (C=O) groups is 3. The maximum atomic E-state index is 14.0. The number of fused-ring (bicyclic) bond motifs is 4. The molecule has 0 aromatic heterocycles. The largest absolute Gasteiger partial charge is 0.504 e. The number of hydrogen-bond acceptors (Lipinski definition) is 10. The first-order valence-corrected chi connectivity index (χ1v) is 13.4. The number of rotatable bonds is 4. The highest BCUT2D eigenvalue weighted by Gasteiger charge is 2.64. The Morgan fingerprint density at radius 3 is 2.50 bits per heavy atom. The minimum absolute atomic E-state index is 0.0170. The van der Waals surface area contributed by atoms with E-state index in [0.717, 1.165) is 13.1 Å². The lowest BCUT2D eigenvalue weighted by atomic mass is 9.53. The van der Waals surface area contributed by atoms with E-state index in [4.69, 9.17) is 14.2 Å². The molecule has 0 bridgehead atoms. The number of cyclic esters (lactones) is 1. The quantitative estimate of drug-likeness (QED) is 0.408. The number of carbonyl (C=O) groups excluding carboxylic acids is 3. The summed E-state index contributed by atoms with van der Waals surface area (Å²) in [5, 5.41) is 22.5. The Morgan fingerprint density at radius 2 is 1.87 bits per heavy atom. The predicted octanol–water partition coefficient (Wildman–Crippen LogP) is 1.50. The first kappa shape index (κ1) is 26.9. The minimum atomic E-state index is -1.19. The lowest BCUT2D eigenvalue weighted by molar-refractivity contribution is -0.161. The van der Waals surface area contributed by atoms with Gasteiger partial charge >= 0.3 is 11.9 Å². The van der Waals surface area contributed by atoms with Crippen molar-refractivity contribution in [2.24, 2.45) is 16.7 Å². The molecule has 2 heterocycles. The van der Waals surface area contributed by atoms with Gasteiger partial charge in [0.1, 0.15) is 12.2 Å². The molecule has 0 spiro atoms. The molecule has 0 amide bonds. The summed E-state index contributed by atoms with van der Waals surface area (Å²) in [7, 11) is 3.52. The summed E-state index contributed by atoms with van der Waals surface area (Å²) in [5.41, 5.74) is -0.668. The molecule has 3 fully saturated rings. The molecule has 208 valence electrons. The van der Waals surface area contributed by atoms with Gasteiger partial charge in [-0.05, 0) is 44.7 Å². The third-order valence-corrected chi connectivity index (χ3v) is 9.51. The van der Waals surface area contributed by atoms with Crippen molar-refractivity contribution in [2.45, 2.75) is 58.3 Å². The number of allylic oxidation sites excluding steroid dienone is 1. The Hall–Kier alpha value is -2.69. The average molecular weight is 531 g/mol. The predicted molar refractivity (Wildman–Crippen MR) is 136 cm³/mol. The van der Waals surface area contributed by atoms with Crippen molar-refractivity contribution >= 4 is 17.7 Å². The monoisotopic (exact) mass is 530 g/mol. The van der Waals surface area contributed by atoms with Gasteiger partial charge in [0.2, 0.25) is 5.78 Å². The molecule has 5 rings (SSSR count). The number of nitrogens with zero attached hydrogens (tertiary/aromatic N) is 2. The molecule has 5 aliphatic rings. The molecule has 1 saturated carbocycles. The van der Waals surface area contributed by atoms with Gasteiger partial charge in [0.25, 0.3) is 0 Å². The summed E-state index contributed by atoms with van der Waals surface area (Å²) in [6.07, 6.45) is 0.680. The molecule has 0 radical (unpaired) electrons. The van der Waals surface area contributed by atoms with Crippen molar-refractivity contribution in [3.05, 3.63) is 34.3 Å². The van der Waals surface area contributed by atoms with Crippen LogP contribution < -0.4 is 0 Å². The molecule has 2 N–H and O–H groups in total. The van der Waals surface area contributed by atoms with Crippen LogP contribution in [0.25, 0.3) is 0 Å². The maximum absolute atomic E-state index is 14.0. The molecule has 10 nitrogen and oxygen atoms in total. The third kappa shape index (κ3) is 3.91. The zero-order chi connectivity index (χ0) is 27.6. The molecule has 0 unspecified atom stereocenters. The van der Waals surface area contributed by atoms with Crippen LogP contribution in [-0.2, 0) is 28.6 Å². The van der Waals surface area contributed by atoms with Crippen LogP contribution >= 0.6 is 0 Å². The normalized spacial score (nSPS) is 38.7. The van der Waals surface area contributed by atoms with Crippen molar-refractivity contribution in [1.29, 1.82) is 0 Å². The molecule has 3 aliphatic carbocycles. The average Bonchev–Trinajstić information content (AvgIpc) is 3.15. The van der Waals surface area contributed by atoms with Crippen molar-refractivity contribution in [1.82, 2.24) is 9.80 Å². The lowest BCUT2D eigenvalue weighted by Crippen LogP contribution is -2.57. The summed E-state index contributed by atoms with van der Waals surface area (Å²) in [5.74, 6) is -2.56. The lowest BCUT2D eigenvalue weighted by Gasteiger charge is -2.54. The van der Waals surface area contributed by atoms with E-state index in [9.17, 15) is 24.6 Å². The Bertz CT molecular complexity index is 1150. The number of aliphatic hydroxyl groups is 2. The van der Waals surface area contributed by atoms with Crippen molar-refractivity contribution < 1.29 is 38.8 Å². The molecular formula is C28H38N2O8. The van der Waals surface area contributed by atoms with E-state index >= 15 is 0 Å². The fraction of sp³-hybridized carbons (Fsp3) is 0.679. The Kier molecular flexibility index (Phi) is 6.72. The topological polar surface area (TPSA) is 126 Å². The first-order chi connectivity index (χ1) is 17.9. The Balaban J connectivity index is 1.72. The maximum Gasteiger partial charge on any atom is 0.340 e. The molecular weight excluding hydrogens is 492 g/mol. The number of piperazine rings is 1. The molecule has 6 atom stereocenters. The number of esters is 2. The number of ether oxygens (including phenoxy) is 3. The fourth-order valence-corrected chi connectivity index (χ4v) is 7.41. The Morgan fingerprint density at radius 1 is 1.18 bits per heavy atom. The third-order valence-electron chi connectivity index (χ3n) is 9.51. The Labute approximate surface area is 222 Å². The molecule has 2 saturated heterocycles. The van der Waals surface area contributed by atoms with Crippen LogP contribution in [-0.4, -0.2) is 103 Å². The van der Waals surface area contributed by atoms with Gasteiger partial charge in [-0.25, -0.2) is 4.79 Å². The zero-order valence-electron chi connectivity index (χ0n) is 22.8. The molecule has 38 heavy (non-hydrogen) atoms.